The lowest BCUT2D eigenvalue weighted by Gasteiger charge is -2.17. The minimum Gasteiger partial charge on any atom is -0.329 e. The summed E-state index contributed by atoms with van der Waals surface area (Å²) in [5.74, 6) is -0.235. The summed E-state index contributed by atoms with van der Waals surface area (Å²) in [5, 5.41) is -0.123. The second kappa shape index (κ2) is 5.36. The maximum atomic E-state index is 13.3. The number of aryl methyl sites for hydroxylation is 1. The first-order chi connectivity index (χ1) is 8.85. The van der Waals surface area contributed by atoms with Crippen molar-refractivity contribution in [1.82, 2.24) is 4.72 Å². The van der Waals surface area contributed by atoms with Crippen molar-refractivity contribution in [2.75, 3.05) is 6.54 Å². The minimum atomic E-state index is -3.78. The van der Waals surface area contributed by atoms with Gasteiger partial charge < -0.3 is 5.73 Å². The molecule has 1 aromatic rings. The summed E-state index contributed by atoms with van der Waals surface area (Å²) >= 11 is 5.82. The van der Waals surface area contributed by atoms with E-state index in [1.807, 2.05) is 0 Å². The van der Waals surface area contributed by atoms with Crippen molar-refractivity contribution in [2.45, 2.75) is 30.7 Å². The Hall–Kier alpha value is -0.690. The van der Waals surface area contributed by atoms with E-state index in [9.17, 15) is 12.8 Å². The van der Waals surface area contributed by atoms with Crippen LogP contribution in [0.4, 0.5) is 4.39 Å². The standard InChI is InChI=1S/C12H16ClFN2O2S/c1-7-4-12(9(13)5-10(7)14)19(17,18)16-11(6-15)8-2-3-8/h4-5,8,11,16H,2-3,6,15H2,1H3/t11-/m1/s1. The van der Waals surface area contributed by atoms with Crippen LogP contribution in [0.2, 0.25) is 5.02 Å². The molecule has 1 aromatic carbocycles. The normalized spacial score (nSPS) is 17.5. The van der Waals surface area contributed by atoms with E-state index in [0.717, 1.165) is 18.9 Å². The van der Waals surface area contributed by atoms with Gasteiger partial charge in [-0.3, -0.25) is 0 Å². The molecule has 0 aliphatic heterocycles. The van der Waals surface area contributed by atoms with Gasteiger partial charge in [-0.2, -0.15) is 0 Å². The van der Waals surface area contributed by atoms with Gasteiger partial charge in [0.1, 0.15) is 10.7 Å². The highest BCUT2D eigenvalue weighted by Gasteiger charge is 2.34. The van der Waals surface area contributed by atoms with Crippen LogP contribution in [0, 0.1) is 18.7 Å². The van der Waals surface area contributed by atoms with E-state index in [0.29, 0.717) is 5.92 Å². The Morgan fingerprint density at radius 3 is 2.68 bits per heavy atom. The molecule has 0 amide bonds. The first-order valence-corrected chi connectivity index (χ1v) is 7.89. The molecule has 0 heterocycles. The Morgan fingerprint density at radius 1 is 1.53 bits per heavy atom. The topological polar surface area (TPSA) is 72.2 Å². The quantitative estimate of drug-likeness (QED) is 0.871. The van der Waals surface area contributed by atoms with E-state index in [1.165, 1.54) is 13.0 Å². The molecule has 1 aliphatic carbocycles. The Balaban J connectivity index is 2.31. The Labute approximate surface area is 117 Å². The number of halogens is 2. The summed E-state index contributed by atoms with van der Waals surface area (Å²) in [6.45, 7) is 1.73. The SMILES string of the molecule is Cc1cc(S(=O)(=O)N[C@H](CN)C2CC2)c(Cl)cc1F. The van der Waals surface area contributed by atoms with Crippen molar-refractivity contribution in [3.05, 3.63) is 28.5 Å². The summed E-state index contributed by atoms with van der Waals surface area (Å²) in [6, 6.07) is 1.96. The van der Waals surface area contributed by atoms with E-state index in [2.05, 4.69) is 4.72 Å². The first-order valence-electron chi connectivity index (χ1n) is 6.03. The van der Waals surface area contributed by atoms with Gasteiger partial charge in [-0.05, 0) is 43.4 Å². The third-order valence-corrected chi connectivity index (χ3v) is 5.21. The molecule has 0 bridgehead atoms. The molecule has 106 valence electrons. The molecule has 1 aliphatic rings. The smallest absolute Gasteiger partial charge is 0.242 e. The number of hydrogen-bond donors (Lipinski definition) is 2. The molecule has 19 heavy (non-hydrogen) atoms. The van der Waals surface area contributed by atoms with Gasteiger partial charge in [0.2, 0.25) is 10.0 Å². The molecule has 4 nitrogen and oxygen atoms in total. The van der Waals surface area contributed by atoms with Crippen molar-refractivity contribution < 1.29 is 12.8 Å². The van der Waals surface area contributed by atoms with Crippen LogP contribution in [0.3, 0.4) is 0 Å². The molecular formula is C12H16ClFN2O2S. The number of hydrogen-bond acceptors (Lipinski definition) is 3. The summed E-state index contributed by atoms with van der Waals surface area (Å²) in [7, 11) is -3.78. The molecule has 7 heteroatoms. The number of sulfonamides is 1. The van der Waals surface area contributed by atoms with Gasteiger partial charge in [0, 0.05) is 12.6 Å². The zero-order valence-corrected chi connectivity index (χ0v) is 12.1. The fraction of sp³-hybridized carbons (Fsp3) is 0.500. The van der Waals surface area contributed by atoms with Crippen molar-refractivity contribution >= 4 is 21.6 Å². The predicted octanol–water partition coefficient (Wildman–Crippen LogP) is 1.80. The molecular weight excluding hydrogens is 291 g/mol. The van der Waals surface area contributed by atoms with Gasteiger partial charge >= 0.3 is 0 Å². The lowest BCUT2D eigenvalue weighted by atomic mass is 10.2. The van der Waals surface area contributed by atoms with E-state index in [-0.39, 0.29) is 28.1 Å². The zero-order valence-electron chi connectivity index (χ0n) is 10.5. The minimum absolute atomic E-state index is 0.104. The molecule has 1 fully saturated rings. The summed E-state index contributed by atoms with van der Waals surface area (Å²) in [6.07, 6.45) is 1.95. The molecule has 2 rings (SSSR count). The highest BCUT2D eigenvalue weighted by Crippen LogP contribution is 2.33. The molecule has 0 unspecified atom stereocenters. The number of benzene rings is 1. The van der Waals surface area contributed by atoms with Crippen LogP contribution in [-0.2, 0) is 10.0 Å². The number of rotatable bonds is 5. The van der Waals surface area contributed by atoms with E-state index in [1.54, 1.807) is 0 Å². The van der Waals surface area contributed by atoms with E-state index < -0.39 is 15.8 Å². The van der Waals surface area contributed by atoms with Crippen LogP contribution in [0.15, 0.2) is 17.0 Å². The van der Waals surface area contributed by atoms with Crippen LogP contribution in [-0.4, -0.2) is 21.0 Å². The molecule has 0 radical (unpaired) electrons. The monoisotopic (exact) mass is 306 g/mol. The fourth-order valence-corrected chi connectivity index (χ4v) is 3.85. The number of nitrogens with one attached hydrogen (secondary N) is 1. The average molecular weight is 307 g/mol. The highest BCUT2D eigenvalue weighted by molar-refractivity contribution is 7.89. The predicted molar refractivity (Wildman–Crippen MR) is 72.0 cm³/mol. The van der Waals surface area contributed by atoms with E-state index >= 15 is 0 Å². The van der Waals surface area contributed by atoms with Crippen molar-refractivity contribution in [1.29, 1.82) is 0 Å². The Kier molecular flexibility index (Phi) is 4.15. The van der Waals surface area contributed by atoms with Crippen molar-refractivity contribution in [2.24, 2.45) is 11.7 Å². The van der Waals surface area contributed by atoms with Crippen LogP contribution < -0.4 is 10.5 Å². The molecule has 3 N–H and O–H groups in total. The summed E-state index contributed by atoms with van der Waals surface area (Å²) in [4.78, 5) is -0.104. The second-order valence-corrected chi connectivity index (χ2v) is 6.92. The van der Waals surface area contributed by atoms with Gasteiger partial charge in [-0.1, -0.05) is 11.6 Å². The third kappa shape index (κ3) is 3.25. The number of nitrogens with two attached hydrogens (primary N) is 1. The third-order valence-electron chi connectivity index (χ3n) is 3.25. The van der Waals surface area contributed by atoms with Gasteiger partial charge in [-0.25, -0.2) is 17.5 Å². The van der Waals surface area contributed by atoms with Gasteiger partial charge in [0.15, 0.2) is 0 Å². The second-order valence-electron chi connectivity index (χ2n) is 4.83. The van der Waals surface area contributed by atoms with Crippen LogP contribution in [0.1, 0.15) is 18.4 Å². The summed E-state index contributed by atoms with van der Waals surface area (Å²) in [5.41, 5.74) is 5.81. The maximum absolute atomic E-state index is 13.3. The Bertz CT molecular complexity index is 588. The molecule has 0 aromatic heterocycles. The molecule has 0 spiro atoms. The van der Waals surface area contributed by atoms with Crippen molar-refractivity contribution in [3.8, 4) is 0 Å². The lowest BCUT2D eigenvalue weighted by molar-refractivity contribution is 0.519. The van der Waals surface area contributed by atoms with Gasteiger partial charge in [0.05, 0.1) is 5.02 Å². The average Bonchev–Trinajstić information content (AvgIpc) is 3.14. The molecule has 0 saturated heterocycles. The first kappa shape index (κ1) is 14.7. The lowest BCUT2D eigenvalue weighted by Crippen LogP contribution is -2.41. The summed E-state index contributed by atoms with van der Waals surface area (Å²) < 4.78 is 40.3. The van der Waals surface area contributed by atoms with Crippen LogP contribution in [0.5, 0.6) is 0 Å². The fourth-order valence-electron chi connectivity index (χ4n) is 1.93. The van der Waals surface area contributed by atoms with Crippen LogP contribution in [0.25, 0.3) is 0 Å². The van der Waals surface area contributed by atoms with Crippen LogP contribution >= 0.6 is 11.6 Å². The van der Waals surface area contributed by atoms with Crippen molar-refractivity contribution in [3.63, 3.8) is 0 Å². The molecule has 1 atom stereocenters. The Morgan fingerprint density at radius 2 is 2.16 bits per heavy atom. The van der Waals surface area contributed by atoms with Gasteiger partial charge in [0.25, 0.3) is 0 Å². The highest BCUT2D eigenvalue weighted by atomic mass is 35.5. The zero-order chi connectivity index (χ0) is 14.2. The largest absolute Gasteiger partial charge is 0.329 e. The van der Waals surface area contributed by atoms with E-state index in [4.69, 9.17) is 17.3 Å². The van der Waals surface area contributed by atoms with Gasteiger partial charge in [-0.15, -0.1) is 0 Å². The molecule has 1 saturated carbocycles. The maximum Gasteiger partial charge on any atom is 0.242 e.